The van der Waals surface area contributed by atoms with Crippen LogP contribution in [0, 0.1) is 13.8 Å². The predicted octanol–water partition coefficient (Wildman–Crippen LogP) is 4.04. The van der Waals surface area contributed by atoms with Gasteiger partial charge in [-0.05, 0) is 35.8 Å². The van der Waals surface area contributed by atoms with E-state index in [0.29, 0.717) is 5.69 Å². The van der Waals surface area contributed by atoms with Gasteiger partial charge in [0.05, 0.1) is 17.0 Å². The van der Waals surface area contributed by atoms with Crippen molar-refractivity contribution >= 4 is 44.6 Å². The molecule has 0 aromatic carbocycles. The third-order valence-corrected chi connectivity index (χ3v) is 5.48. The van der Waals surface area contributed by atoms with Crippen LogP contribution in [0.5, 0.6) is 0 Å². The summed E-state index contributed by atoms with van der Waals surface area (Å²) in [6.45, 7) is 3.92. The minimum atomic E-state index is -0.383. The molecule has 2 aromatic heterocycles. The van der Waals surface area contributed by atoms with Crippen molar-refractivity contribution in [3.63, 3.8) is 0 Å². The Bertz CT molecular complexity index is 555. The lowest BCUT2D eigenvalue weighted by atomic mass is 10.3. The van der Waals surface area contributed by atoms with Gasteiger partial charge in [0.15, 0.2) is 5.69 Å². The number of carbonyl (C=O) groups is 1. The Balaban J connectivity index is 2.55. The van der Waals surface area contributed by atoms with E-state index < -0.39 is 0 Å². The predicted molar refractivity (Wildman–Crippen MR) is 73.9 cm³/mol. The second-order valence-corrected chi connectivity index (χ2v) is 6.73. The highest BCUT2D eigenvalue weighted by molar-refractivity contribution is 9.10. The summed E-state index contributed by atoms with van der Waals surface area (Å²) in [5.74, 6) is -0.383. The average Bonchev–Trinajstić information content (AvgIpc) is 2.82. The molecule has 2 heterocycles. The zero-order chi connectivity index (χ0) is 12.6. The van der Waals surface area contributed by atoms with Gasteiger partial charge in [-0.15, -0.1) is 22.7 Å². The van der Waals surface area contributed by atoms with Gasteiger partial charge in [-0.1, -0.05) is 0 Å². The Kier molecular flexibility index (Phi) is 3.65. The molecule has 2 aromatic rings. The van der Waals surface area contributed by atoms with Crippen LogP contribution < -0.4 is 0 Å². The first kappa shape index (κ1) is 12.7. The van der Waals surface area contributed by atoms with E-state index in [1.165, 1.54) is 23.3 Å². The van der Waals surface area contributed by atoms with Gasteiger partial charge in [-0.2, -0.15) is 0 Å². The number of thiophene rings is 1. The summed E-state index contributed by atoms with van der Waals surface area (Å²) in [4.78, 5) is 19.0. The number of esters is 1. The van der Waals surface area contributed by atoms with Gasteiger partial charge >= 0.3 is 5.97 Å². The summed E-state index contributed by atoms with van der Waals surface area (Å²) in [6, 6.07) is 2.01. The fraction of sp³-hybridized carbons (Fsp3) is 0.273. The molecule has 0 saturated heterocycles. The van der Waals surface area contributed by atoms with E-state index in [4.69, 9.17) is 4.74 Å². The molecule has 3 nitrogen and oxygen atoms in total. The maximum absolute atomic E-state index is 11.6. The Morgan fingerprint density at radius 1 is 1.41 bits per heavy atom. The highest BCUT2D eigenvalue weighted by Crippen LogP contribution is 2.38. The highest BCUT2D eigenvalue weighted by atomic mass is 79.9. The summed E-state index contributed by atoms with van der Waals surface area (Å²) in [6.07, 6.45) is 0. The first-order chi connectivity index (χ1) is 8.02. The highest BCUT2D eigenvalue weighted by Gasteiger charge is 2.20. The number of ether oxygens (including phenoxy) is 1. The number of carbonyl (C=O) groups excluding carboxylic acids is 1. The number of thiazole rings is 1. The minimum Gasteiger partial charge on any atom is -0.464 e. The molecule has 0 atom stereocenters. The summed E-state index contributed by atoms with van der Waals surface area (Å²) < 4.78 is 5.80. The van der Waals surface area contributed by atoms with Gasteiger partial charge in [0.1, 0.15) is 0 Å². The van der Waals surface area contributed by atoms with Gasteiger partial charge in [0.2, 0.25) is 0 Å². The number of aromatic nitrogens is 1. The van der Waals surface area contributed by atoms with Gasteiger partial charge in [0.25, 0.3) is 0 Å². The maximum atomic E-state index is 11.6. The van der Waals surface area contributed by atoms with E-state index in [2.05, 4.69) is 20.9 Å². The van der Waals surface area contributed by atoms with Crippen LogP contribution in [-0.2, 0) is 4.74 Å². The van der Waals surface area contributed by atoms with E-state index in [1.54, 1.807) is 11.3 Å². The van der Waals surface area contributed by atoms with Crippen molar-refractivity contribution < 1.29 is 9.53 Å². The first-order valence-corrected chi connectivity index (χ1v) is 7.27. The Labute approximate surface area is 116 Å². The Morgan fingerprint density at radius 3 is 2.65 bits per heavy atom. The molecular formula is C11H10BrNO2S2. The zero-order valence-corrected chi connectivity index (χ0v) is 12.8. The zero-order valence-electron chi connectivity index (χ0n) is 9.54. The van der Waals surface area contributed by atoms with Gasteiger partial charge in [0, 0.05) is 14.2 Å². The first-order valence-electron chi connectivity index (χ1n) is 4.85. The average molecular weight is 332 g/mol. The molecular weight excluding hydrogens is 322 g/mol. The topological polar surface area (TPSA) is 39.2 Å². The molecule has 0 radical (unpaired) electrons. The van der Waals surface area contributed by atoms with E-state index in [-0.39, 0.29) is 5.97 Å². The molecule has 0 aliphatic heterocycles. The van der Waals surface area contributed by atoms with Crippen molar-refractivity contribution in [1.82, 2.24) is 4.98 Å². The van der Waals surface area contributed by atoms with Crippen LogP contribution >= 0.6 is 38.6 Å². The number of rotatable bonds is 2. The Hall–Kier alpha value is -0.720. The van der Waals surface area contributed by atoms with E-state index in [1.807, 2.05) is 19.9 Å². The molecule has 0 aliphatic rings. The molecule has 6 heteroatoms. The number of methoxy groups -OCH3 is 1. The molecule has 0 amide bonds. The van der Waals surface area contributed by atoms with E-state index >= 15 is 0 Å². The summed E-state index contributed by atoms with van der Waals surface area (Å²) in [7, 11) is 1.37. The third kappa shape index (κ3) is 2.43. The minimum absolute atomic E-state index is 0.383. The number of hydrogen-bond acceptors (Lipinski definition) is 5. The number of nitrogens with zero attached hydrogens (tertiary/aromatic N) is 1. The third-order valence-electron chi connectivity index (χ3n) is 2.19. The molecule has 17 heavy (non-hydrogen) atoms. The molecule has 0 fully saturated rings. The van der Waals surface area contributed by atoms with Crippen LogP contribution in [0.2, 0.25) is 0 Å². The molecule has 0 aliphatic carbocycles. The Morgan fingerprint density at radius 2 is 2.12 bits per heavy atom. The molecule has 0 N–H and O–H groups in total. The van der Waals surface area contributed by atoms with Crippen LogP contribution in [0.15, 0.2) is 10.5 Å². The van der Waals surface area contributed by atoms with Gasteiger partial charge < -0.3 is 4.74 Å². The molecule has 0 spiro atoms. The van der Waals surface area contributed by atoms with Crippen LogP contribution in [0.25, 0.3) is 9.75 Å². The number of hydrogen-bond donors (Lipinski definition) is 0. The second kappa shape index (κ2) is 4.88. The van der Waals surface area contributed by atoms with Crippen molar-refractivity contribution in [3.8, 4) is 9.75 Å². The quantitative estimate of drug-likeness (QED) is 0.779. The lowest BCUT2D eigenvalue weighted by Crippen LogP contribution is -2.02. The van der Waals surface area contributed by atoms with Gasteiger partial charge in [-0.3, -0.25) is 0 Å². The molecule has 0 unspecified atom stereocenters. The largest absolute Gasteiger partial charge is 0.464 e. The van der Waals surface area contributed by atoms with Crippen molar-refractivity contribution in [3.05, 3.63) is 26.1 Å². The lowest BCUT2D eigenvalue weighted by molar-refractivity contribution is 0.0595. The monoisotopic (exact) mass is 331 g/mol. The SMILES string of the molecule is COC(=O)c1nc(C)sc1-c1cc(Br)c(C)s1. The maximum Gasteiger partial charge on any atom is 0.358 e. The fourth-order valence-electron chi connectivity index (χ4n) is 1.40. The molecule has 0 saturated carbocycles. The van der Waals surface area contributed by atoms with Crippen LogP contribution in [0.4, 0.5) is 0 Å². The van der Waals surface area contributed by atoms with Crippen molar-refractivity contribution in [2.75, 3.05) is 7.11 Å². The summed E-state index contributed by atoms with van der Waals surface area (Å²) in [5.41, 5.74) is 0.406. The molecule has 2 rings (SSSR count). The summed E-state index contributed by atoms with van der Waals surface area (Å²) >= 11 is 6.63. The van der Waals surface area contributed by atoms with Crippen molar-refractivity contribution in [2.45, 2.75) is 13.8 Å². The number of halogens is 1. The lowest BCUT2D eigenvalue weighted by Gasteiger charge is -1.97. The molecule has 90 valence electrons. The number of aryl methyl sites for hydroxylation is 2. The fourth-order valence-corrected chi connectivity index (χ4v) is 3.94. The van der Waals surface area contributed by atoms with E-state index in [0.717, 1.165) is 19.2 Å². The summed E-state index contributed by atoms with van der Waals surface area (Å²) in [5, 5.41) is 0.863. The second-order valence-electron chi connectivity index (χ2n) is 3.42. The normalized spacial score (nSPS) is 10.6. The van der Waals surface area contributed by atoms with E-state index in [9.17, 15) is 4.79 Å². The van der Waals surface area contributed by atoms with Crippen LogP contribution in [0.3, 0.4) is 0 Å². The standard InChI is InChI=1S/C11H10BrNO2S2/c1-5-7(12)4-8(16-5)10-9(11(14)15-3)13-6(2)17-10/h4H,1-3H3. The van der Waals surface area contributed by atoms with Crippen LogP contribution in [-0.4, -0.2) is 18.1 Å². The van der Waals surface area contributed by atoms with Crippen LogP contribution in [0.1, 0.15) is 20.4 Å². The van der Waals surface area contributed by atoms with Crippen molar-refractivity contribution in [2.24, 2.45) is 0 Å². The smallest absolute Gasteiger partial charge is 0.358 e. The van der Waals surface area contributed by atoms with Crippen molar-refractivity contribution in [1.29, 1.82) is 0 Å². The van der Waals surface area contributed by atoms with Gasteiger partial charge in [-0.25, -0.2) is 9.78 Å². The molecule has 0 bridgehead atoms.